The molecular formula is C15H27N5O. The number of rotatable bonds is 8. The molecule has 0 atom stereocenters. The average molecular weight is 293 g/mol. The van der Waals surface area contributed by atoms with E-state index in [-0.39, 0.29) is 5.91 Å². The molecule has 1 aromatic rings. The number of anilines is 2. The number of nitrogens with zero attached hydrogens (tertiary/aromatic N) is 4. The van der Waals surface area contributed by atoms with Crippen molar-refractivity contribution in [3.63, 3.8) is 0 Å². The van der Waals surface area contributed by atoms with Gasteiger partial charge in [-0.05, 0) is 27.2 Å². The van der Waals surface area contributed by atoms with Crippen molar-refractivity contribution in [1.29, 1.82) is 0 Å². The normalized spacial score (nSPS) is 10.3. The van der Waals surface area contributed by atoms with Crippen molar-refractivity contribution in [3.05, 3.63) is 11.8 Å². The Morgan fingerprint density at radius 3 is 2.52 bits per heavy atom. The van der Waals surface area contributed by atoms with Crippen molar-refractivity contribution in [2.24, 2.45) is 0 Å². The Hall–Kier alpha value is -1.85. The Labute approximate surface area is 127 Å². The zero-order valence-electron chi connectivity index (χ0n) is 13.8. The molecule has 6 nitrogen and oxygen atoms in total. The summed E-state index contributed by atoms with van der Waals surface area (Å²) in [7, 11) is 1.89. The molecule has 1 rings (SSSR count). The van der Waals surface area contributed by atoms with E-state index in [9.17, 15) is 4.79 Å². The molecule has 0 unspecified atom stereocenters. The monoisotopic (exact) mass is 293 g/mol. The zero-order valence-corrected chi connectivity index (χ0v) is 13.8. The lowest BCUT2D eigenvalue weighted by Crippen LogP contribution is -2.39. The number of hydrogen-bond donors (Lipinski definition) is 1. The van der Waals surface area contributed by atoms with Crippen molar-refractivity contribution < 1.29 is 4.79 Å². The van der Waals surface area contributed by atoms with Crippen LogP contribution in [0, 0.1) is 6.92 Å². The standard InChI is InChI=1S/C15H27N5O/c1-6-9-16-15-17-10-12(4)14(18-15)19(5)11-13(21)20(7-2)8-3/h10H,6-9,11H2,1-5H3,(H,16,17,18). The van der Waals surface area contributed by atoms with Crippen LogP contribution in [0.2, 0.25) is 0 Å². The van der Waals surface area contributed by atoms with Crippen LogP contribution in [-0.4, -0.2) is 54.0 Å². The number of carbonyl (C=O) groups is 1. The third-order valence-electron chi connectivity index (χ3n) is 3.33. The molecule has 0 aliphatic rings. The second kappa shape index (κ2) is 8.44. The third-order valence-corrected chi connectivity index (χ3v) is 3.33. The topological polar surface area (TPSA) is 61.4 Å². The Bertz CT molecular complexity index is 459. The van der Waals surface area contributed by atoms with Crippen molar-refractivity contribution in [3.8, 4) is 0 Å². The van der Waals surface area contributed by atoms with Crippen molar-refractivity contribution in [2.45, 2.75) is 34.1 Å². The van der Waals surface area contributed by atoms with Gasteiger partial charge in [0, 0.05) is 38.4 Å². The van der Waals surface area contributed by atoms with Gasteiger partial charge in [0.15, 0.2) is 0 Å². The summed E-state index contributed by atoms with van der Waals surface area (Å²) in [5.41, 5.74) is 0.965. The summed E-state index contributed by atoms with van der Waals surface area (Å²) in [6.07, 6.45) is 2.81. The van der Waals surface area contributed by atoms with Gasteiger partial charge in [0.25, 0.3) is 0 Å². The van der Waals surface area contributed by atoms with Crippen LogP contribution in [0.1, 0.15) is 32.8 Å². The fourth-order valence-corrected chi connectivity index (χ4v) is 2.10. The van der Waals surface area contributed by atoms with Gasteiger partial charge in [-0.2, -0.15) is 4.98 Å². The Kier molecular flexibility index (Phi) is 6.91. The SMILES string of the molecule is CCCNc1ncc(C)c(N(C)CC(=O)N(CC)CC)n1. The molecule has 21 heavy (non-hydrogen) atoms. The number of hydrogen-bond acceptors (Lipinski definition) is 5. The van der Waals surface area contributed by atoms with Crippen LogP contribution in [-0.2, 0) is 4.79 Å². The highest BCUT2D eigenvalue weighted by atomic mass is 16.2. The molecule has 1 heterocycles. The lowest BCUT2D eigenvalue weighted by molar-refractivity contribution is -0.129. The van der Waals surface area contributed by atoms with E-state index in [0.29, 0.717) is 12.5 Å². The van der Waals surface area contributed by atoms with Gasteiger partial charge >= 0.3 is 0 Å². The molecule has 1 N–H and O–H groups in total. The van der Waals surface area contributed by atoms with Gasteiger partial charge in [-0.1, -0.05) is 6.92 Å². The molecule has 0 bridgehead atoms. The molecule has 1 aromatic heterocycles. The van der Waals surface area contributed by atoms with Crippen LogP contribution in [0.25, 0.3) is 0 Å². The van der Waals surface area contributed by atoms with Crippen LogP contribution in [0.3, 0.4) is 0 Å². The second-order valence-electron chi connectivity index (χ2n) is 5.05. The highest BCUT2D eigenvalue weighted by molar-refractivity contribution is 5.81. The first kappa shape index (κ1) is 17.2. The Morgan fingerprint density at radius 2 is 1.95 bits per heavy atom. The first-order chi connectivity index (χ1) is 10.0. The van der Waals surface area contributed by atoms with Gasteiger partial charge in [0.2, 0.25) is 11.9 Å². The van der Waals surface area contributed by atoms with Crippen molar-refractivity contribution in [2.75, 3.05) is 43.4 Å². The van der Waals surface area contributed by atoms with Crippen LogP contribution in [0.4, 0.5) is 11.8 Å². The maximum absolute atomic E-state index is 12.2. The number of aryl methyl sites for hydroxylation is 1. The van der Waals surface area contributed by atoms with E-state index in [1.54, 1.807) is 6.20 Å². The number of nitrogens with one attached hydrogen (secondary N) is 1. The maximum Gasteiger partial charge on any atom is 0.242 e. The van der Waals surface area contributed by atoms with Crippen LogP contribution >= 0.6 is 0 Å². The molecule has 0 fully saturated rings. The summed E-state index contributed by atoms with van der Waals surface area (Å²) in [4.78, 5) is 24.7. The predicted octanol–water partition coefficient (Wildman–Crippen LogP) is 1.91. The molecule has 1 amide bonds. The number of amides is 1. The molecule has 0 aromatic carbocycles. The highest BCUT2D eigenvalue weighted by Gasteiger charge is 2.15. The van der Waals surface area contributed by atoms with E-state index in [4.69, 9.17) is 0 Å². The van der Waals surface area contributed by atoms with Gasteiger partial charge < -0.3 is 15.1 Å². The first-order valence-corrected chi connectivity index (χ1v) is 7.59. The molecule has 118 valence electrons. The van der Waals surface area contributed by atoms with Crippen molar-refractivity contribution >= 4 is 17.7 Å². The van der Waals surface area contributed by atoms with E-state index in [0.717, 1.165) is 37.4 Å². The number of carbonyl (C=O) groups excluding carboxylic acids is 1. The predicted molar refractivity (Wildman–Crippen MR) is 86.7 cm³/mol. The van der Waals surface area contributed by atoms with Crippen LogP contribution < -0.4 is 10.2 Å². The van der Waals surface area contributed by atoms with E-state index >= 15 is 0 Å². The molecule has 0 radical (unpaired) electrons. The summed E-state index contributed by atoms with van der Waals surface area (Å²) in [6, 6.07) is 0. The molecule has 0 saturated carbocycles. The van der Waals surface area contributed by atoms with Gasteiger partial charge in [0.1, 0.15) is 5.82 Å². The van der Waals surface area contributed by atoms with Gasteiger partial charge in [-0.15, -0.1) is 0 Å². The molecule has 0 saturated heterocycles. The highest BCUT2D eigenvalue weighted by Crippen LogP contribution is 2.16. The average Bonchev–Trinajstić information content (AvgIpc) is 2.47. The summed E-state index contributed by atoms with van der Waals surface area (Å²) in [5.74, 6) is 1.52. The lowest BCUT2D eigenvalue weighted by atomic mass is 10.3. The summed E-state index contributed by atoms with van der Waals surface area (Å²) in [6.45, 7) is 10.7. The van der Waals surface area contributed by atoms with E-state index in [2.05, 4.69) is 22.2 Å². The molecule has 0 aliphatic heterocycles. The summed E-state index contributed by atoms with van der Waals surface area (Å²) < 4.78 is 0. The molecule has 0 aliphatic carbocycles. The molecule has 6 heteroatoms. The molecular weight excluding hydrogens is 266 g/mol. The number of aromatic nitrogens is 2. The van der Waals surface area contributed by atoms with Crippen molar-refractivity contribution in [1.82, 2.24) is 14.9 Å². The largest absolute Gasteiger partial charge is 0.354 e. The van der Waals surface area contributed by atoms with E-state index in [1.807, 2.05) is 37.6 Å². The fourth-order valence-electron chi connectivity index (χ4n) is 2.10. The van der Waals surface area contributed by atoms with Gasteiger partial charge in [0.05, 0.1) is 6.54 Å². The zero-order chi connectivity index (χ0) is 15.8. The maximum atomic E-state index is 12.2. The summed E-state index contributed by atoms with van der Waals surface area (Å²) in [5, 5.41) is 3.17. The quantitative estimate of drug-likeness (QED) is 0.793. The third kappa shape index (κ3) is 4.88. The van der Waals surface area contributed by atoms with Gasteiger partial charge in [-0.3, -0.25) is 4.79 Å². The van der Waals surface area contributed by atoms with Crippen LogP contribution in [0.5, 0.6) is 0 Å². The number of likely N-dealkylation sites (N-methyl/N-ethyl adjacent to an activating group) is 2. The fraction of sp³-hybridized carbons (Fsp3) is 0.667. The van der Waals surface area contributed by atoms with Gasteiger partial charge in [-0.25, -0.2) is 4.98 Å². The van der Waals surface area contributed by atoms with Crippen LogP contribution in [0.15, 0.2) is 6.20 Å². The second-order valence-corrected chi connectivity index (χ2v) is 5.05. The minimum atomic E-state index is 0.114. The Balaban J connectivity index is 2.80. The van der Waals surface area contributed by atoms with E-state index < -0.39 is 0 Å². The van der Waals surface area contributed by atoms with E-state index in [1.165, 1.54) is 0 Å². The minimum Gasteiger partial charge on any atom is -0.354 e. The smallest absolute Gasteiger partial charge is 0.242 e. The summed E-state index contributed by atoms with van der Waals surface area (Å²) >= 11 is 0. The Morgan fingerprint density at radius 1 is 1.29 bits per heavy atom. The first-order valence-electron chi connectivity index (χ1n) is 7.59. The lowest BCUT2D eigenvalue weighted by Gasteiger charge is -2.24. The minimum absolute atomic E-state index is 0.114. The molecule has 0 spiro atoms.